The molecule has 0 aliphatic rings. The van der Waals surface area contributed by atoms with Crippen molar-refractivity contribution in [3.8, 4) is 11.6 Å². The molecule has 1 aromatic carbocycles. The molecule has 0 N–H and O–H groups in total. The van der Waals surface area contributed by atoms with Gasteiger partial charge in [0.1, 0.15) is 11.4 Å². The summed E-state index contributed by atoms with van der Waals surface area (Å²) in [7, 11) is 0. The van der Waals surface area contributed by atoms with E-state index < -0.39 is 0 Å². The fourth-order valence-electron chi connectivity index (χ4n) is 1.96. The molecule has 20 heavy (non-hydrogen) atoms. The van der Waals surface area contributed by atoms with Gasteiger partial charge in [-0.05, 0) is 36.8 Å². The number of carbonyl (C=O) groups excluding carboxylic acids is 1. The van der Waals surface area contributed by atoms with Crippen LogP contribution in [-0.4, -0.2) is 15.7 Å². The second-order valence-corrected chi connectivity index (χ2v) is 4.80. The van der Waals surface area contributed by atoms with Gasteiger partial charge in [-0.3, -0.25) is 9.20 Å². The largest absolute Gasteiger partial charge is 0.437 e. The zero-order chi connectivity index (χ0) is 14.1. The molecule has 0 saturated heterocycles. The van der Waals surface area contributed by atoms with Crippen LogP contribution in [0.4, 0.5) is 0 Å². The van der Waals surface area contributed by atoms with Gasteiger partial charge in [-0.15, -0.1) is 0 Å². The van der Waals surface area contributed by atoms with Crippen molar-refractivity contribution >= 4 is 23.5 Å². The predicted molar refractivity (Wildman–Crippen MR) is 76.8 cm³/mol. The fraction of sp³-hybridized carbons (Fsp3) is 0.0667. The van der Waals surface area contributed by atoms with Crippen LogP contribution in [0.3, 0.4) is 0 Å². The molecular formula is C15H11ClN2O2. The van der Waals surface area contributed by atoms with Crippen LogP contribution < -0.4 is 4.74 Å². The number of halogens is 1. The van der Waals surface area contributed by atoms with Crippen LogP contribution in [0, 0.1) is 6.92 Å². The predicted octanol–water partition coefficient (Wildman–Crippen LogP) is 3.90. The van der Waals surface area contributed by atoms with Gasteiger partial charge in [0.2, 0.25) is 5.88 Å². The summed E-state index contributed by atoms with van der Waals surface area (Å²) in [6, 6.07) is 10.8. The average Bonchev–Trinajstić information content (AvgIpc) is 2.80. The summed E-state index contributed by atoms with van der Waals surface area (Å²) in [6.45, 7) is 1.90. The van der Waals surface area contributed by atoms with Crippen molar-refractivity contribution in [2.24, 2.45) is 0 Å². The summed E-state index contributed by atoms with van der Waals surface area (Å²) in [5, 5.41) is 0.571. The highest BCUT2D eigenvalue weighted by Gasteiger charge is 2.14. The molecule has 3 rings (SSSR count). The van der Waals surface area contributed by atoms with Crippen molar-refractivity contribution in [2.45, 2.75) is 6.92 Å². The quantitative estimate of drug-likeness (QED) is 0.686. The number of hydrogen-bond acceptors (Lipinski definition) is 3. The van der Waals surface area contributed by atoms with Crippen LogP contribution in [0.25, 0.3) is 5.65 Å². The van der Waals surface area contributed by atoms with Crippen molar-refractivity contribution in [1.29, 1.82) is 0 Å². The maximum absolute atomic E-state index is 11.3. The molecule has 5 heteroatoms. The van der Waals surface area contributed by atoms with Crippen LogP contribution in [0.1, 0.15) is 16.1 Å². The summed E-state index contributed by atoms with van der Waals surface area (Å²) < 4.78 is 7.43. The van der Waals surface area contributed by atoms with Crippen molar-refractivity contribution in [1.82, 2.24) is 9.38 Å². The van der Waals surface area contributed by atoms with Gasteiger partial charge in [0.05, 0.1) is 0 Å². The molecule has 0 bridgehead atoms. The number of aldehydes is 1. The highest BCUT2D eigenvalue weighted by atomic mass is 35.5. The van der Waals surface area contributed by atoms with Crippen LogP contribution in [0.15, 0.2) is 42.6 Å². The van der Waals surface area contributed by atoms with E-state index >= 15 is 0 Å². The standard InChI is InChI=1S/C15H11ClN2O2/c1-10-5-6-11(16)8-13(10)20-15-12(9-19)18-7-3-2-4-14(18)17-15/h2-9H,1H3. The molecule has 4 nitrogen and oxygen atoms in total. The minimum Gasteiger partial charge on any atom is -0.437 e. The number of rotatable bonds is 3. The summed E-state index contributed by atoms with van der Waals surface area (Å²) in [6.07, 6.45) is 2.50. The Morgan fingerprint density at radius 2 is 2.15 bits per heavy atom. The SMILES string of the molecule is Cc1ccc(Cl)cc1Oc1nc2ccccn2c1C=O. The first-order valence-electron chi connectivity index (χ1n) is 6.05. The molecule has 2 aromatic heterocycles. The van der Waals surface area contributed by atoms with E-state index in [1.807, 2.05) is 31.2 Å². The molecule has 0 saturated carbocycles. The number of fused-ring (bicyclic) bond motifs is 1. The Balaban J connectivity index is 2.10. The van der Waals surface area contributed by atoms with Gasteiger partial charge < -0.3 is 4.74 Å². The molecule has 0 unspecified atom stereocenters. The Hall–Kier alpha value is -2.33. The van der Waals surface area contributed by atoms with Crippen molar-refractivity contribution in [3.05, 3.63) is 58.9 Å². The highest BCUT2D eigenvalue weighted by Crippen LogP contribution is 2.29. The molecule has 0 aliphatic heterocycles. The maximum atomic E-state index is 11.3. The minimum absolute atomic E-state index is 0.275. The smallest absolute Gasteiger partial charge is 0.249 e. The van der Waals surface area contributed by atoms with Gasteiger partial charge in [0, 0.05) is 11.2 Å². The van der Waals surface area contributed by atoms with E-state index in [0.717, 1.165) is 11.8 Å². The van der Waals surface area contributed by atoms with Gasteiger partial charge in [0.25, 0.3) is 0 Å². The normalized spacial score (nSPS) is 10.7. The fourth-order valence-corrected chi connectivity index (χ4v) is 2.13. The number of aromatic nitrogens is 2. The van der Waals surface area contributed by atoms with E-state index in [-0.39, 0.29) is 5.88 Å². The van der Waals surface area contributed by atoms with E-state index in [0.29, 0.717) is 22.1 Å². The van der Waals surface area contributed by atoms with Gasteiger partial charge >= 0.3 is 0 Å². The topological polar surface area (TPSA) is 43.6 Å². The molecule has 100 valence electrons. The molecule has 0 fully saturated rings. The summed E-state index contributed by atoms with van der Waals surface area (Å²) >= 11 is 5.96. The summed E-state index contributed by atoms with van der Waals surface area (Å²) in [5.41, 5.74) is 1.95. The molecule has 0 aliphatic carbocycles. The molecule has 2 heterocycles. The third-order valence-electron chi connectivity index (χ3n) is 3.00. The van der Waals surface area contributed by atoms with Crippen LogP contribution in [0.5, 0.6) is 11.6 Å². The Labute approximate surface area is 120 Å². The Kier molecular flexibility index (Phi) is 3.16. The second-order valence-electron chi connectivity index (χ2n) is 4.36. The number of benzene rings is 1. The monoisotopic (exact) mass is 286 g/mol. The van der Waals surface area contributed by atoms with Gasteiger partial charge in [0.15, 0.2) is 12.0 Å². The lowest BCUT2D eigenvalue weighted by Crippen LogP contribution is -1.94. The first-order chi connectivity index (χ1) is 9.69. The van der Waals surface area contributed by atoms with Crippen molar-refractivity contribution < 1.29 is 9.53 Å². The number of pyridine rings is 1. The van der Waals surface area contributed by atoms with Crippen molar-refractivity contribution in [2.75, 3.05) is 0 Å². The summed E-state index contributed by atoms with van der Waals surface area (Å²) in [4.78, 5) is 15.6. The third-order valence-corrected chi connectivity index (χ3v) is 3.24. The first kappa shape index (κ1) is 12.7. The number of imidazole rings is 1. The van der Waals surface area contributed by atoms with Crippen LogP contribution in [-0.2, 0) is 0 Å². The van der Waals surface area contributed by atoms with Crippen molar-refractivity contribution in [3.63, 3.8) is 0 Å². The molecular weight excluding hydrogens is 276 g/mol. The third kappa shape index (κ3) is 2.14. The lowest BCUT2D eigenvalue weighted by molar-refractivity contribution is 0.111. The highest BCUT2D eigenvalue weighted by molar-refractivity contribution is 6.30. The molecule has 0 radical (unpaired) electrons. The molecule has 0 atom stereocenters. The lowest BCUT2D eigenvalue weighted by atomic mass is 10.2. The Morgan fingerprint density at radius 1 is 1.30 bits per heavy atom. The van der Waals surface area contributed by atoms with Gasteiger partial charge in [-0.2, -0.15) is 4.98 Å². The molecule has 3 aromatic rings. The van der Waals surface area contributed by atoms with Gasteiger partial charge in [-0.25, -0.2) is 0 Å². The van der Waals surface area contributed by atoms with Crippen LogP contribution >= 0.6 is 11.6 Å². The Bertz CT molecular complexity index is 796. The van der Waals surface area contributed by atoms with E-state index in [4.69, 9.17) is 16.3 Å². The molecule has 0 amide bonds. The number of carbonyl (C=O) groups is 1. The number of hydrogen-bond donors (Lipinski definition) is 0. The van der Waals surface area contributed by atoms with Gasteiger partial charge in [-0.1, -0.05) is 23.7 Å². The van der Waals surface area contributed by atoms with E-state index in [1.54, 1.807) is 22.7 Å². The second kappa shape index (κ2) is 4.98. The number of nitrogens with zero attached hydrogens (tertiary/aromatic N) is 2. The Morgan fingerprint density at radius 3 is 2.95 bits per heavy atom. The lowest BCUT2D eigenvalue weighted by Gasteiger charge is -2.06. The minimum atomic E-state index is 0.275. The number of aryl methyl sites for hydroxylation is 1. The summed E-state index contributed by atoms with van der Waals surface area (Å²) in [5.74, 6) is 0.862. The van der Waals surface area contributed by atoms with E-state index in [1.165, 1.54) is 0 Å². The van der Waals surface area contributed by atoms with E-state index in [9.17, 15) is 4.79 Å². The zero-order valence-corrected chi connectivity index (χ0v) is 11.5. The molecule has 0 spiro atoms. The maximum Gasteiger partial charge on any atom is 0.249 e. The first-order valence-corrected chi connectivity index (χ1v) is 6.43. The van der Waals surface area contributed by atoms with E-state index in [2.05, 4.69) is 4.98 Å². The average molecular weight is 287 g/mol. The zero-order valence-electron chi connectivity index (χ0n) is 10.7. The van der Waals surface area contributed by atoms with Crippen LogP contribution in [0.2, 0.25) is 5.02 Å². The number of ether oxygens (including phenoxy) is 1.